The highest BCUT2D eigenvalue weighted by Crippen LogP contribution is 2.69. The van der Waals surface area contributed by atoms with Crippen molar-refractivity contribution in [2.45, 2.75) is 80.4 Å². The highest BCUT2D eigenvalue weighted by molar-refractivity contribution is 7.90. The molecule has 4 aliphatic rings. The van der Waals surface area contributed by atoms with E-state index < -0.39 is 50.2 Å². The van der Waals surface area contributed by atoms with Crippen LogP contribution < -0.4 is 0 Å². The number of sulfone groups is 1. The van der Waals surface area contributed by atoms with Crippen molar-refractivity contribution in [3.63, 3.8) is 0 Å². The van der Waals surface area contributed by atoms with Crippen molar-refractivity contribution in [2.75, 3.05) is 6.26 Å². The molecule has 2 saturated carbocycles. The van der Waals surface area contributed by atoms with Crippen molar-refractivity contribution < 1.29 is 40.3 Å². The van der Waals surface area contributed by atoms with Crippen molar-refractivity contribution in [1.82, 2.24) is 0 Å². The van der Waals surface area contributed by atoms with Gasteiger partial charge in [0.1, 0.15) is 5.78 Å². The van der Waals surface area contributed by atoms with Crippen LogP contribution in [0.5, 0.6) is 0 Å². The zero-order chi connectivity index (χ0) is 27.0. The molecule has 10 heteroatoms. The van der Waals surface area contributed by atoms with Gasteiger partial charge in [-0.05, 0) is 92.0 Å². The molecular weight excluding hydrogens is 515 g/mol. The summed E-state index contributed by atoms with van der Waals surface area (Å²) in [4.78, 5) is 13.2. The Morgan fingerprint density at radius 2 is 1.65 bits per heavy atom. The molecule has 0 radical (unpaired) electrons. The summed E-state index contributed by atoms with van der Waals surface area (Å²) in [5, 5.41) is 11.9. The molecule has 0 heterocycles. The predicted molar refractivity (Wildman–Crippen MR) is 126 cm³/mol. The van der Waals surface area contributed by atoms with Gasteiger partial charge in [0.15, 0.2) is 15.4 Å². The summed E-state index contributed by atoms with van der Waals surface area (Å²) in [5.74, 6) is -7.70. The van der Waals surface area contributed by atoms with Crippen molar-refractivity contribution in [2.24, 2.45) is 17.3 Å². The number of aliphatic hydroxyl groups is 1. The number of carbonyl (C=O) groups is 1. The van der Waals surface area contributed by atoms with E-state index in [1.807, 2.05) is 0 Å². The van der Waals surface area contributed by atoms with Crippen molar-refractivity contribution in [3.8, 4) is 0 Å². The van der Waals surface area contributed by atoms with Crippen LogP contribution in [0.3, 0.4) is 0 Å². The van der Waals surface area contributed by atoms with Gasteiger partial charge in [0.05, 0.1) is 10.3 Å². The molecule has 0 amide bonds. The van der Waals surface area contributed by atoms with E-state index in [-0.39, 0.29) is 36.5 Å². The molecule has 5 rings (SSSR count). The summed E-state index contributed by atoms with van der Waals surface area (Å²) >= 11 is 0. The Morgan fingerprint density at radius 1 is 0.973 bits per heavy atom. The molecule has 4 atom stereocenters. The van der Waals surface area contributed by atoms with Crippen LogP contribution in [0.4, 0.5) is 22.0 Å². The van der Waals surface area contributed by atoms with Crippen LogP contribution in [0.2, 0.25) is 0 Å². The molecule has 1 aromatic carbocycles. The lowest BCUT2D eigenvalue weighted by atomic mass is 9.49. The quantitative estimate of drug-likeness (QED) is 0.469. The van der Waals surface area contributed by atoms with Crippen LogP contribution in [-0.4, -0.2) is 37.7 Å². The number of hydrogen-bond acceptors (Lipinski definition) is 4. The molecule has 202 valence electrons. The largest absolute Gasteiger partial charge is 0.456 e. The number of alkyl halides is 5. The third-order valence-corrected chi connectivity index (χ3v) is 10.3. The monoisotopic (exact) mass is 544 g/mol. The van der Waals surface area contributed by atoms with E-state index in [9.17, 15) is 31.5 Å². The van der Waals surface area contributed by atoms with Gasteiger partial charge in [-0.2, -0.15) is 22.0 Å². The zero-order valence-corrected chi connectivity index (χ0v) is 21.2. The van der Waals surface area contributed by atoms with E-state index in [2.05, 4.69) is 6.08 Å². The van der Waals surface area contributed by atoms with Gasteiger partial charge in [0, 0.05) is 12.7 Å². The standard InChI is InChI=1S/C27H29F5O4S/c1-37(35,36)18-9-7-17(8-10-18)25(34,26(28,29)27(30,31)32)24-15-14-20-19-5-3-2-4-16(19)6-11-21(20)22(24)12-13-23(24)33/h4,7-10,21-22,34H,2-3,5-6,11-15H2,1H3/t21-,22+,24-,25?/m1/s1. The zero-order valence-electron chi connectivity index (χ0n) is 20.4. The topological polar surface area (TPSA) is 71.4 Å². The fourth-order valence-electron chi connectivity index (χ4n) is 7.63. The first-order valence-electron chi connectivity index (χ1n) is 12.6. The molecule has 0 aromatic heterocycles. The normalized spacial score (nSPS) is 30.2. The minimum absolute atomic E-state index is 0.122. The molecule has 1 unspecified atom stereocenters. The first kappa shape index (κ1) is 26.5. The van der Waals surface area contributed by atoms with Crippen LogP contribution in [0.25, 0.3) is 0 Å². The average molecular weight is 545 g/mol. The highest BCUT2D eigenvalue weighted by Gasteiger charge is 2.81. The third-order valence-electron chi connectivity index (χ3n) is 9.21. The predicted octanol–water partition coefficient (Wildman–Crippen LogP) is 6.05. The average Bonchev–Trinajstić information content (AvgIpc) is 3.20. The summed E-state index contributed by atoms with van der Waals surface area (Å²) in [6, 6.07) is 3.40. The molecule has 1 aromatic rings. The summed E-state index contributed by atoms with van der Waals surface area (Å²) in [6.07, 6.45) is 0.573. The van der Waals surface area contributed by atoms with Crippen LogP contribution in [0, 0.1) is 17.3 Å². The molecule has 37 heavy (non-hydrogen) atoms. The molecule has 0 aliphatic heterocycles. The molecule has 1 N–H and O–H groups in total. The van der Waals surface area contributed by atoms with Gasteiger partial charge in [0.2, 0.25) is 0 Å². The molecule has 4 aliphatic carbocycles. The second-order valence-corrected chi connectivity index (χ2v) is 12.9. The molecule has 4 nitrogen and oxygen atoms in total. The fraction of sp³-hybridized carbons (Fsp3) is 0.593. The Labute approximate surface area is 212 Å². The number of hydrogen-bond donors (Lipinski definition) is 1. The Kier molecular flexibility index (Phi) is 6.07. The lowest BCUT2D eigenvalue weighted by Gasteiger charge is -2.56. The first-order chi connectivity index (χ1) is 17.2. The van der Waals surface area contributed by atoms with E-state index in [0.717, 1.165) is 60.9 Å². The number of halogens is 5. The van der Waals surface area contributed by atoms with Gasteiger partial charge in [-0.1, -0.05) is 23.8 Å². The lowest BCUT2D eigenvalue weighted by molar-refractivity contribution is -0.371. The van der Waals surface area contributed by atoms with E-state index in [0.29, 0.717) is 12.8 Å². The van der Waals surface area contributed by atoms with Crippen molar-refractivity contribution in [3.05, 3.63) is 52.6 Å². The summed E-state index contributed by atoms with van der Waals surface area (Å²) in [7, 11) is -3.78. The number of Topliss-reactive ketones (excluding diaryl/α,β-unsaturated/α-hetero) is 1. The number of ketones is 1. The summed E-state index contributed by atoms with van der Waals surface area (Å²) in [6.45, 7) is 0. The third kappa shape index (κ3) is 3.61. The maximum Gasteiger partial charge on any atom is 0.456 e. The Balaban J connectivity index is 1.73. The van der Waals surface area contributed by atoms with Gasteiger partial charge in [0.25, 0.3) is 0 Å². The Hall–Kier alpha value is -2.07. The second kappa shape index (κ2) is 8.46. The molecule has 0 bridgehead atoms. The lowest BCUT2D eigenvalue weighted by Crippen LogP contribution is -2.67. The van der Waals surface area contributed by atoms with E-state index >= 15 is 8.78 Å². The number of rotatable bonds is 4. The van der Waals surface area contributed by atoms with Crippen molar-refractivity contribution >= 4 is 15.6 Å². The van der Waals surface area contributed by atoms with Gasteiger partial charge in [-0.25, -0.2) is 8.42 Å². The fourth-order valence-corrected chi connectivity index (χ4v) is 8.26. The van der Waals surface area contributed by atoms with Crippen LogP contribution >= 0.6 is 0 Å². The number of fused-ring (bicyclic) bond motifs is 4. The Morgan fingerprint density at radius 3 is 2.27 bits per heavy atom. The molecule has 2 fully saturated rings. The smallest absolute Gasteiger partial charge is 0.378 e. The summed E-state index contributed by atoms with van der Waals surface area (Å²) < 4.78 is 97.2. The van der Waals surface area contributed by atoms with Gasteiger partial charge >= 0.3 is 12.1 Å². The number of carbonyl (C=O) groups excluding carboxylic acids is 1. The van der Waals surface area contributed by atoms with Crippen LogP contribution in [0.1, 0.15) is 63.4 Å². The highest BCUT2D eigenvalue weighted by atomic mass is 32.2. The second-order valence-electron chi connectivity index (χ2n) is 10.9. The number of benzene rings is 1. The minimum Gasteiger partial charge on any atom is -0.378 e. The molecule has 0 spiro atoms. The maximum absolute atomic E-state index is 15.6. The molecule has 0 saturated heterocycles. The SMILES string of the molecule is CS(=O)(=O)c1ccc(C(O)(C(F)(F)C(F)(F)F)[C@]23CCC4=C5CCCC=C5CC[C@H]4[C@@H]2CCC3=O)cc1. The van der Waals surface area contributed by atoms with Crippen LogP contribution in [0.15, 0.2) is 52.0 Å². The summed E-state index contributed by atoms with van der Waals surface area (Å²) in [5.41, 5.74) is -3.65. The van der Waals surface area contributed by atoms with Gasteiger partial charge in [-0.3, -0.25) is 4.79 Å². The number of allylic oxidation sites excluding steroid dienone is 4. The Bertz CT molecular complexity index is 1290. The first-order valence-corrected chi connectivity index (χ1v) is 14.5. The van der Waals surface area contributed by atoms with E-state index in [1.54, 1.807) is 0 Å². The van der Waals surface area contributed by atoms with E-state index in [4.69, 9.17) is 0 Å². The maximum atomic E-state index is 15.6. The van der Waals surface area contributed by atoms with Gasteiger partial charge in [-0.15, -0.1) is 0 Å². The van der Waals surface area contributed by atoms with Crippen LogP contribution in [-0.2, 0) is 20.2 Å². The van der Waals surface area contributed by atoms with E-state index in [1.165, 1.54) is 5.57 Å². The molecular formula is C27H29F5O4S. The van der Waals surface area contributed by atoms with Gasteiger partial charge < -0.3 is 5.11 Å². The minimum atomic E-state index is -6.15. The van der Waals surface area contributed by atoms with Crippen molar-refractivity contribution in [1.29, 1.82) is 0 Å².